The summed E-state index contributed by atoms with van der Waals surface area (Å²) in [6.45, 7) is 0.366. The summed E-state index contributed by atoms with van der Waals surface area (Å²) in [6.07, 6.45) is 5.55. The second-order valence-corrected chi connectivity index (χ2v) is 3.46. The Bertz CT molecular complexity index is 350. The maximum absolute atomic E-state index is 12.8. The number of anilines is 1. The van der Waals surface area contributed by atoms with Gasteiger partial charge >= 0.3 is 0 Å². The molecule has 0 aliphatic rings. The first-order chi connectivity index (χ1) is 6.65. The highest BCUT2D eigenvalue weighted by Crippen LogP contribution is 2.32. The van der Waals surface area contributed by atoms with Gasteiger partial charge in [-0.2, -0.15) is 0 Å². The first kappa shape index (κ1) is 10.9. The molecule has 1 rings (SSSR count). The van der Waals surface area contributed by atoms with E-state index in [2.05, 4.69) is 21.9 Å². The van der Waals surface area contributed by atoms with Crippen molar-refractivity contribution in [3.8, 4) is 18.1 Å². The summed E-state index contributed by atoms with van der Waals surface area (Å²) >= 11 is 3.15. The van der Waals surface area contributed by atoms with E-state index in [-0.39, 0.29) is 5.69 Å². The summed E-state index contributed by atoms with van der Waals surface area (Å²) in [6, 6.07) is 2.50. The van der Waals surface area contributed by atoms with Crippen LogP contribution in [0, 0.1) is 18.2 Å². The summed E-state index contributed by atoms with van der Waals surface area (Å²) in [7, 11) is 0. The quantitative estimate of drug-likeness (QED) is 0.513. The molecule has 2 nitrogen and oxygen atoms in total. The molecule has 0 bridgehead atoms. The molecular formula is C10H9BrFNO. The highest BCUT2D eigenvalue weighted by Gasteiger charge is 2.07. The first-order valence-electron chi connectivity index (χ1n) is 3.96. The zero-order valence-corrected chi connectivity index (χ0v) is 8.97. The van der Waals surface area contributed by atoms with Crippen molar-refractivity contribution in [2.45, 2.75) is 6.42 Å². The molecule has 0 spiro atoms. The van der Waals surface area contributed by atoms with Crippen LogP contribution in [0.15, 0.2) is 16.6 Å². The van der Waals surface area contributed by atoms with Crippen LogP contribution in [0.2, 0.25) is 0 Å². The molecule has 4 heteroatoms. The molecule has 0 fully saturated rings. The minimum absolute atomic E-state index is 0.258. The van der Waals surface area contributed by atoms with Gasteiger partial charge in [-0.1, -0.05) is 0 Å². The number of ether oxygens (including phenoxy) is 1. The summed E-state index contributed by atoms with van der Waals surface area (Å²) in [5.41, 5.74) is 5.82. The van der Waals surface area contributed by atoms with E-state index in [1.807, 2.05) is 0 Å². The van der Waals surface area contributed by atoms with Gasteiger partial charge in [0.1, 0.15) is 5.82 Å². The van der Waals surface area contributed by atoms with E-state index in [0.717, 1.165) is 0 Å². The van der Waals surface area contributed by atoms with Gasteiger partial charge in [0.25, 0.3) is 0 Å². The lowest BCUT2D eigenvalue weighted by Crippen LogP contribution is -2.00. The van der Waals surface area contributed by atoms with Gasteiger partial charge in [0.05, 0.1) is 16.8 Å². The molecule has 0 aliphatic carbocycles. The van der Waals surface area contributed by atoms with Crippen LogP contribution in [0.4, 0.5) is 10.1 Å². The molecule has 74 valence electrons. The van der Waals surface area contributed by atoms with E-state index in [4.69, 9.17) is 16.9 Å². The molecule has 0 radical (unpaired) electrons. The Hall–Kier alpha value is -1.21. The lowest BCUT2D eigenvalue weighted by Gasteiger charge is -2.09. The summed E-state index contributed by atoms with van der Waals surface area (Å²) < 4.78 is 18.6. The summed E-state index contributed by atoms with van der Waals surface area (Å²) in [5.74, 6) is 2.46. The minimum atomic E-state index is -0.404. The zero-order chi connectivity index (χ0) is 10.6. The molecule has 0 aromatic heterocycles. The fourth-order valence-electron chi connectivity index (χ4n) is 0.945. The van der Waals surface area contributed by atoms with Crippen molar-refractivity contribution < 1.29 is 9.13 Å². The number of rotatable bonds is 3. The molecule has 0 unspecified atom stereocenters. The van der Waals surface area contributed by atoms with Gasteiger partial charge in [0.15, 0.2) is 5.75 Å². The van der Waals surface area contributed by atoms with Crippen LogP contribution in [-0.4, -0.2) is 6.61 Å². The van der Waals surface area contributed by atoms with Crippen molar-refractivity contribution in [2.75, 3.05) is 12.3 Å². The Morgan fingerprint density at radius 1 is 1.57 bits per heavy atom. The standard InChI is InChI=1S/C10H9BrFNO/c1-2-3-4-14-10-8(11)5-7(12)6-9(10)13/h1,5-6H,3-4,13H2. The monoisotopic (exact) mass is 257 g/mol. The van der Waals surface area contributed by atoms with Crippen molar-refractivity contribution in [1.82, 2.24) is 0 Å². The molecule has 1 aromatic rings. The smallest absolute Gasteiger partial charge is 0.156 e. The predicted octanol–water partition coefficient (Wildman–Crippen LogP) is 2.57. The highest BCUT2D eigenvalue weighted by atomic mass is 79.9. The summed E-state index contributed by atoms with van der Waals surface area (Å²) in [4.78, 5) is 0. The van der Waals surface area contributed by atoms with E-state index in [9.17, 15) is 4.39 Å². The third kappa shape index (κ3) is 2.64. The first-order valence-corrected chi connectivity index (χ1v) is 4.75. The van der Waals surface area contributed by atoms with Crippen LogP contribution in [0.5, 0.6) is 5.75 Å². The van der Waals surface area contributed by atoms with Gasteiger partial charge in [-0.25, -0.2) is 4.39 Å². The Morgan fingerprint density at radius 3 is 2.86 bits per heavy atom. The minimum Gasteiger partial charge on any atom is -0.489 e. The second-order valence-electron chi connectivity index (χ2n) is 2.61. The molecular weight excluding hydrogens is 249 g/mol. The van der Waals surface area contributed by atoms with Crippen molar-refractivity contribution in [1.29, 1.82) is 0 Å². The van der Waals surface area contributed by atoms with Crippen molar-refractivity contribution in [3.63, 3.8) is 0 Å². The summed E-state index contributed by atoms with van der Waals surface area (Å²) in [5, 5.41) is 0. The topological polar surface area (TPSA) is 35.2 Å². The molecule has 0 amide bonds. The van der Waals surface area contributed by atoms with Crippen molar-refractivity contribution in [3.05, 3.63) is 22.4 Å². The number of nitrogen functional groups attached to an aromatic ring is 1. The van der Waals surface area contributed by atoms with Crippen LogP contribution in [-0.2, 0) is 0 Å². The van der Waals surface area contributed by atoms with Crippen LogP contribution < -0.4 is 10.5 Å². The van der Waals surface area contributed by atoms with Gasteiger partial charge in [0.2, 0.25) is 0 Å². The Balaban J connectivity index is 2.81. The Morgan fingerprint density at radius 2 is 2.29 bits per heavy atom. The largest absolute Gasteiger partial charge is 0.489 e. The van der Waals surface area contributed by atoms with Crippen LogP contribution in [0.1, 0.15) is 6.42 Å². The van der Waals surface area contributed by atoms with Gasteiger partial charge in [0, 0.05) is 12.5 Å². The number of nitrogens with two attached hydrogens (primary N) is 1. The molecule has 0 aliphatic heterocycles. The molecule has 2 N–H and O–H groups in total. The van der Waals surface area contributed by atoms with Crippen LogP contribution in [0.3, 0.4) is 0 Å². The molecule has 14 heavy (non-hydrogen) atoms. The van der Waals surface area contributed by atoms with Gasteiger partial charge in [-0.15, -0.1) is 12.3 Å². The highest BCUT2D eigenvalue weighted by molar-refractivity contribution is 9.10. The van der Waals surface area contributed by atoms with E-state index >= 15 is 0 Å². The maximum Gasteiger partial charge on any atom is 0.156 e. The number of hydrogen-bond acceptors (Lipinski definition) is 2. The van der Waals surface area contributed by atoms with E-state index in [1.165, 1.54) is 12.1 Å². The van der Waals surface area contributed by atoms with Gasteiger partial charge in [-0.05, 0) is 22.0 Å². The molecule has 0 saturated carbocycles. The lowest BCUT2D eigenvalue weighted by molar-refractivity contribution is 0.326. The lowest BCUT2D eigenvalue weighted by atomic mass is 10.3. The number of terminal acetylenes is 1. The van der Waals surface area contributed by atoms with Gasteiger partial charge < -0.3 is 10.5 Å². The zero-order valence-electron chi connectivity index (χ0n) is 7.39. The Labute approximate surface area is 90.4 Å². The van der Waals surface area contributed by atoms with Crippen molar-refractivity contribution >= 4 is 21.6 Å². The van der Waals surface area contributed by atoms with E-state index < -0.39 is 5.82 Å². The molecule has 0 atom stereocenters. The Kier molecular flexibility index (Phi) is 3.78. The third-order valence-corrected chi connectivity index (χ3v) is 2.12. The molecule has 0 heterocycles. The molecule has 0 saturated heterocycles. The number of hydrogen-bond donors (Lipinski definition) is 1. The van der Waals surface area contributed by atoms with Crippen molar-refractivity contribution in [2.24, 2.45) is 0 Å². The SMILES string of the molecule is C#CCCOc1c(N)cc(F)cc1Br. The number of benzene rings is 1. The maximum atomic E-state index is 12.8. The predicted molar refractivity (Wildman–Crippen MR) is 57.5 cm³/mol. The average molecular weight is 258 g/mol. The van der Waals surface area contributed by atoms with Gasteiger partial charge in [-0.3, -0.25) is 0 Å². The number of halogens is 2. The third-order valence-electron chi connectivity index (χ3n) is 1.53. The fourth-order valence-corrected chi connectivity index (χ4v) is 1.51. The average Bonchev–Trinajstić information content (AvgIpc) is 2.09. The van der Waals surface area contributed by atoms with Crippen LogP contribution >= 0.6 is 15.9 Å². The van der Waals surface area contributed by atoms with E-state index in [1.54, 1.807) is 0 Å². The van der Waals surface area contributed by atoms with Crippen LogP contribution in [0.25, 0.3) is 0 Å². The second kappa shape index (κ2) is 4.87. The molecule has 1 aromatic carbocycles. The van der Waals surface area contributed by atoms with E-state index in [0.29, 0.717) is 23.2 Å². The fraction of sp³-hybridized carbons (Fsp3) is 0.200. The normalized spacial score (nSPS) is 9.50.